The van der Waals surface area contributed by atoms with Gasteiger partial charge in [-0.25, -0.2) is 15.4 Å². The normalized spacial score (nSPS) is 10.9. The van der Waals surface area contributed by atoms with Crippen molar-refractivity contribution in [1.82, 2.24) is 20.4 Å². The number of nitrogens with one attached hydrogen (secondary N) is 2. The predicted molar refractivity (Wildman–Crippen MR) is 105 cm³/mol. The van der Waals surface area contributed by atoms with E-state index in [0.717, 1.165) is 60.6 Å². The van der Waals surface area contributed by atoms with Crippen molar-refractivity contribution in [3.8, 4) is 0 Å². The molecule has 2 aromatic heterocycles. The SMILES string of the molecule is Cc1cccc2[nH]c(N(CCCCCCC(=O)NO)c3ccccn3)nc12. The van der Waals surface area contributed by atoms with E-state index < -0.39 is 0 Å². The van der Waals surface area contributed by atoms with Gasteiger partial charge in [0.15, 0.2) is 0 Å². The van der Waals surface area contributed by atoms with E-state index >= 15 is 0 Å². The number of fused-ring (bicyclic) bond motifs is 1. The summed E-state index contributed by atoms with van der Waals surface area (Å²) in [5.41, 5.74) is 4.79. The molecule has 0 saturated heterocycles. The Labute approximate surface area is 158 Å². The third-order valence-electron chi connectivity index (χ3n) is 4.54. The summed E-state index contributed by atoms with van der Waals surface area (Å²) in [6, 6.07) is 12.0. The maximum absolute atomic E-state index is 11.0. The first-order valence-electron chi connectivity index (χ1n) is 9.26. The van der Waals surface area contributed by atoms with Crippen LogP contribution in [0.25, 0.3) is 11.0 Å². The van der Waals surface area contributed by atoms with Crippen LogP contribution in [0.3, 0.4) is 0 Å². The zero-order chi connectivity index (χ0) is 19.1. The average molecular weight is 367 g/mol. The standard InChI is InChI=1S/C20H25N5O2/c1-15-9-8-10-16-19(15)23-20(22-16)25(17-11-5-6-13-21-17)14-7-3-2-4-12-18(26)24-27/h5-6,8-11,13,27H,2-4,7,12,14H2,1H3,(H,22,23)(H,24,26). The molecule has 142 valence electrons. The van der Waals surface area contributed by atoms with E-state index in [-0.39, 0.29) is 5.91 Å². The van der Waals surface area contributed by atoms with Gasteiger partial charge in [-0.05, 0) is 43.5 Å². The predicted octanol–water partition coefficient (Wildman–Crippen LogP) is 3.86. The van der Waals surface area contributed by atoms with Crippen molar-refractivity contribution in [1.29, 1.82) is 0 Å². The molecule has 0 atom stereocenters. The Kier molecular flexibility index (Phi) is 6.38. The summed E-state index contributed by atoms with van der Waals surface area (Å²) in [5, 5.41) is 8.52. The quantitative estimate of drug-likeness (QED) is 0.303. The van der Waals surface area contributed by atoms with Crippen LogP contribution < -0.4 is 10.4 Å². The number of amides is 1. The van der Waals surface area contributed by atoms with Crippen molar-refractivity contribution in [3.63, 3.8) is 0 Å². The van der Waals surface area contributed by atoms with Crippen LogP contribution in [-0.2, 0) is 4.79 Å². The van der Waals surface area contributed by atoms with Crippen molar-refractivity contribution >= 4 is 28.7 Å². The number of unbranched alkanes of at least 4 members (excludes halogenated alkanes) is 3. The number of para-hydroxylation sites is 1. The van der Waals surface area contributed by atoms with Crippen LogP contribution in [0.2, 0.25) is 0 Å². The zero-order valence-corrected chi connectivity index (χ0v) is 15.5. The fraction of sp³-hybridized carbons (Fsp3) is 0.350. The minimum Gasteiger partial charge on any atom is -0.324 e. The van der Waals surface area contributed by atoms with Gasteiger partial charge in [-0.1, -0.05) is 31.0 Å². The van der Waals surface area contributed by atoms with Crippen molar-refractivity contribution < 1.29 is 10.0 Å². The Morgan fingerprint density at radius 1 is 1.15 bits per heavy atom. The number of aryl methyl sites for hydroxylation is 1. The molecule has 27 heavy (non-hydrogen) atoms. The van der Waals surface area contributed by atoms with Crippen LogP contribution in [0.4, 0.5) is 11.8 Å². The summed E-state index contributed by atoms with van der Waals surface area (Å²) in [5.74, 6) is 1.31. The van der Waals surface area contributed by atoms with Crippen LogP contribution >= 0.6 is 0 Å². The molecule has 3 rings (SSSR count). The molecule has 0 aliphatic carbocycles. The average Bonchev–Trinajstić information content (AvgIpc) is 3.13. The Morgan fingerprint density at radius 3 is 2.74 bits per heavy atom. The fourth-order valence-electron chi connectivity index (χ4n) is 3.10. The summed E-state index contributed by atoms with van der Waals surface area (Å²) in [6.45, 7) is 2.84. The monoisotopic (exact) mass is 367 g/mol. The molecule has 0 fully saturated rings. The number of aromatic amines is 1. The molecule has 3 aromatic rings. The molecule has 2 heterocycles. The molecular formula is C20H25N5O2. The van der Waals surface area contributed by atoms with Crippen LogP contribution in [0.1, 0.15) is 37.7 Å². The van der Waals surface area contributed by atoms with Crippen molar-refractivity contribution in [3.05, 3.63) is 48.2 Å². The van der Waals surface area contributed by atoms with E-state index in [9.17, 15) is 4.79 Å². The van der Waals surface area contributed by atoms with Crippen molar-refractivity contribution in [2.75, 3.05) is 11.4 Å². The molecule has 0 bridgehead atoms. The van der Waals surface area contributed by atoms with Gasteiger partial charge in [-0.15, -0.1) is 0 Å². The number of pyridine rings is 1. The van der Waals surface area contributed by atoms with Gasteiger partial charge in [0, 0.05) is 19.2 Å². The lowest BCUT2D eigenvalue weighted by Crippen LogP contribution is -2.21. The molecule has 7 nitrogen and oxygen atoms in total. The van der Waals surface area contributed by atoms with Gasteiger partial charge in [-0.3, -0.25) is 14.9 Å². The summed E-state index contributed by atoms with van der Waals surface area (Å²) in [7, 11) is 0. The molecule has 0 unspecified atom stereocenters. The summed E-state index contributed by atoms with van der Waals surface area (Å²) in [4.78, 5) is 25.8. The number of benzene rings is 1. The number of imidazole rings is 1. The second-order valence-corrected chi connectivity index (χ2v) is 6.57. The smallest absolute Gasteiger partial charge is 0.243 e. The topological polar surface area (TPSA) is 94.1 Å². The van der Waals surface area contributed by atoms with Gasteiger partial charge in [0.2, 0.25) is 11.9 Å². The first-order chi connectivity index (χ1) is 13.2. The molecule has 0 aliphatic rings. The molecule has 1 amide bonds. The lowest BCUT2D eigenvalue weighted by atomic mass is 10.1. The second kappa shape index (κ2) is 9.14. The lowest BCUT2D eigenvalue weighted by Gasteiger charge is -2.20. The van der Waals surface area contributed by atoms with Crippen molar-refractivity contribution in [2.45, 2.75) is 39.0 Å². The Bertz CT molecular complexity index is 878. The molecule has 0 saturated carbocycles. The summed E-state index contributed by atoms with van der Waals surface area (Å²) < 4.78 is 0. The largest absolute Gasteiger partial charge is 0.324 e. The van der Waals surface area contributed by atoms with E-state index in [1.165, 1.54) is 0 Å². The van der Waals surface area contributed by atoms with E-state index in [1.807, 2.05) is 30.3 Å². The molecule has 1 aromatic carbocycles. The van der Waals surface area contributed by atoms with Gasteiger partial charge < -0.3 is 4.98 Å². The van der Waals surface area contributed by atoms with Gasteiger partial charge in [0.25, 0.3) is 0 Å². The van der Waals surface area contributed by atoms with Gasteiger partial charge >= 0.3 is 0 Å². The minimum absolute atomic E-state index is 0.331. The Balaban J connectivity index is 1.68. The van der Waals surface area contributed by atoms with Gasteiger partial charge in [-0.2, -0.15) is 0 Å². The van der Waals surface area contributed by atoms with Crippen LogP contribution in [0.15, 0.2) is 42.6 Å². The molecule has 0 aliphatic heterocycles. The van der Waals surface area contributed by atoms with E-state index in [0.29, 0.717) is 6.42 Å². The second-order valence-electron chi connectivity index (χ2n) is 6.57. The zero-order valence-electron chi connectivity index (χ0n) is 15.5. The molecule has 7 heteroatoms. The van der Waals surface area contributed by atoms with Crippen LogP contribution in [0.5, 0.6) is 0 Å². The van der Waals surface area contributed by atoms with E-state index in [2.05, 4.69) is 27.9 Å². The van der Waals surface area contributed by atoms with Crippen molar-refractivity contribution in [2.24, 2.45) is 0 Å². The molecule has 0 radical (unpaired) electrons. The number of carbonyl (C=O) groups excluding carboxylic acids is 1. The summed E-state index contributed by atoms with van der Waals surface area (Å²) >= 11 is 0. The highest BCUT2D eigenvalue weighted by atomic mass is 16.5. The van der Waals surface area contributed by atoms with Gasteiger partial charge in [0.05, 0.1) is 11.0 Å². The van der Waals surface area contributed by atoms with Crippen LogP contribution in [-0.4, -0.2) is 32.6 Å². The molecular weight excluding hydrogens is 342 g/mol. The number of hydrogen-bond acceptors (Lipinski definition) is 5. The highest BCUT2D eigenvalue weighted by Crippen LogP contribution is 2.25. The summed E-state index contributed by atoms with van der Waals surface area (Å²) in [6.07, 6.45) is 5.77. The Hall–Kier alpha value is -2.93. The van der Waals surface area contributed by atoms with Gasteiger partial charge in [0.1, 0.15) is 5.82 Å². The van der Waals surface area contributed by atoms with E-state index in [1.54, 1.807) is 11.7 Å². The third kappa shape index (κ3) is 4.83. The van der Waals surface area contributed by atoms with E-state index in [4.69, 9.17) is 10.2 Å². The number of H-pyrrole nitrogens is 1. The maximum Gasteiger partial charge on any atom is 0.243 e. The number of hydroxylamine groups is 1. The molecule has 3 N–H and O–H groups in total. The number of anilines is 2. The number of aromatic nitrogens is 3. The minimum atomic E-state index is -0.331. The highest BCUT2D eigenvalue weighted by Gasteiger charge is 2.15. The Morgan fingerprint density at radius 2 is 2.00 bits per heavy atom. The first kappa shape index (κ1) is 18.8. The fourth-order valence-corrected chi connectivity index (χ4v) is 3.10. The first-order valence-corrected chi connectivity index (χ1v) is 9.26. The number of nitrogens with zero attached hydrogens (tertiary/aromatic N) is 3. The molecule has 0 spiro atoms. The number of hydrogen-bond donors (Lipinski definition) is 3. The number of rotatable bonds is 9. The highest BCUT2D eigenvalue weighted by molar-refractivity contribution is 5.81. The number of carbonyl (C=O) groups is 1. The maximum atomic E-state index is 11.0. The lowest BCUT2D eigenvalue weighted by molar-refractivity contribution is -0.129. The van der Waals surface area contributed by atoms with Crippen LogP contribution in [0, 0.1) is 6.92 Å². The third-order valence-corrected chi connectivity index (χ3v) is 4.54.